The van der Waals surface area contributed by atoms with E-state index in [1.807, 2.05) is 5.32 Å². The van der Waals surface area contributed by atoms with Gasteiger partial charge in [0.15, 0.2) is 11.3 Å². The average molecular weight is 346 g/mol. The van der Waals surface area contributed by atoms with Gasteiger partial charge in [0.25, 0.3) is 5.91 Å². The van der Waals surface area contributed by atoms with E-state index in [-0.39, 0.29) is 6.61 Å². The molecule has 8 heteroatoms. The van der Waals surface area contributed by atoms with Crippen LogP contribution in [0.5, 0.6) is 0 Å². The summed E-state index contributed by atoms with van der Waals surface area (Å²) in [5.74, 6) is -1.06. The van der Waals surface area contributed by atoms with Crippen LogP contribution in [0, 0.1) is 0 Å². The van der Waals surface area contributed by atoms with Crippen LogP contribution in [0.25, 0.3) is 6.08 Å². The van der Waals surface area contributed by atoms with Crippen LogP contribution in [0.15, 0.2) is 27.3 Å². The second-order valence-corrected chi connectivity index (χ2v) is 4.13. The Balaban J connectivity index is 2.31. The average Bonchev–Trinajstić information content (AvgIpc) is 2.80. The fourth-order valence-corrected chi connectivity index (χ4v) is 1.39. The highest BCUT2D eigenvalue weighted by Gasteiger charge is 2.09. The number of ether oxygens (including phenoxy) is 2. The molecule has 1 rings (SSSR count). The molecular formula is C12H12BrNO6. The first-order valence-corrected chi connectivity index (χ1v) is 6.37. The van der Waals surface area contributed by atoms with Gasteiger partial charge in [-0.15, -0.1) is 0 Å². The molecule has 7 nitrogen and oxygen atoms in total. The normalized spacial score (nSPS) is 10.3. The number of rotatable bonds is 5. The fourth-order valence-electron chi connectivity index (χ4n) is 1.07. The molecule has 0 saturated carbocycles. The number of carbonyl (C=O) groups is 3. The van der Waals surface area contributed by atoms with Crippen molar-refractivity contribution >= 4 is 40.0 Å². The zero-order chi connectivity index (χ0) is 15.0. The summed E-state index contributed by atoms with van der Waals surface area (Å²) in [7, 11) is 0. The first-order valence-electron chi connectivity index (χ1n) is 5.58. The molecule has 1 aromatic heterocycles. The van der Waals surface area contributed by atoms with Crippen LogP contribution in [-0.4, -0.2) is 31.2 Å². The Morgan fingerprint density at radius 2 is 2.10 bits per heavy atom. The third-order valence-corrected chi connectivity index (χ3v) is 2.27. The lowest BCUT2D eigenvalue weighted by Gasteiger charge is -2.03. The van der Waals surface area contributed by atoms with Crippen molar-refractivity contribution in [3.63, 3.8) is 0 Å². The maximum atomic E-state index is 11.3. The SMILES string of the molecule is CCOC(=O)NC(=O)COC(=O)/C=C/c1ccc(Br)o1. The van der Waals surface area contributed by atoms with Crippen molar-refractivity contribution in [2.24, 2.45) is 0 Å². The van der Waals surface area contributed by atoms with Crippen molar-refractivity contribution in [2.75, 3.05) is 13.2 Å². The molecule has 0 fully saturated rings. The number of hydrogen-bond acceptors (Lipinski definition) is 6. The molecule has 0 spiro atoms. The summed E-state index contributed by atoms with van der Waals surface area (Å²) in [6.45, 7) is 1.16. The van der Waals surface area contributed by atoms with E-state index in [0.717, 1.165) is 6.08 Å². The van der Waals surface area contributed by atoms with Crippen LogP contribution < -0.4 is 5.32 Å². The predicted octanol–water partition coefficient (Wildman–Crippen LogP) is 1.87. The van der Waals surface area contributed by atoms with E-state index in [2.05, 4.69) is 25.4 Å². The zero-order valence-corrected chi connectivity index (χ0v) is 12.1. The fraction of sp³-hybridized carbons (Fsp3) is 0.250. The molecule has 0 bridgehead atoms. The number of alkyl carbamates (subject to hydrolysis) is 1. The number of furan rings is 1. The molecule has 0 radical (unpaired) electrons. The molecule has 1 aromatic rings. The minimum atomic E-state index is -0.885. The first kappa shape index (κ1) is 16.0. The highest BCUT2D eigenvalue weighted by Crippen LogP contribution is 2.14. The summed E-state index contributed by atoms with van der Waals surface area (Å²) in [5, 5.41) is 1.89. The van der Waals surface area contributed by atoms with Crippen molar-refractivity contribution in [1.82, 2.24) is 5.32 Å². The quantitative estimate of drug-likeness (QED) is 0.646. The van der Waals surface area contributed by atoms with Gasteiger partial charge in [-0.2, -0.15) is 0 Å². The van der Waals surface area contributed by atoms with Gasteiger partial charge in [0.2, 0.25) is 0 Å². The van der Waals surface area contributed by atoms with Gasteiger partial charge >= 0.3 is 12.1 Å². The number of carbonyl (C=O) groups excluding carboxylic acids is 3. The highest BCUT2D eigenvalue weighted by atomic mass is 79.9. The van der Waals surface area contributed by atoms with Gasteiger partial charge in [-0.25, -0.2) is 9.59 Å². The van der Waals surface area contributed by atoms with Crippen molar-refractivity contribution in [3.05, 3.63) is 28.6 Å². The van der Waals surface area contributed by atoms with Crippen LogP contribution in [0.4, 0.5) is 4.79 Å². The topological polar surface area (TPSA) is 94.8 Å². The monoisotopic (exact) mass is 345 g/mol. The molecule has 0 atom stereocenters. The van der Waals surface area contributed by atoms with Gasteiger partial charge in [0.1, 0.15) is 5.76 Å². The smallest absolute Gasteiger partial charge is 0.413 e. The Labute approximate surface area is 123 Å². The number of halogens is 1. The maximum absolute atomic E-state index is 11.3. The van der Waals surface area contributed by atoms with Gasteiger partial charge in [-0.1, -0.05) is 0 Å². The van der Waals surface area contributed by atoms with Crippen molar-refractivity contribution in [1.29, 1.82) is 0 Å². The van der Waals surface area contributed by atoms with Crippen LogP contribution in [0.3, 0.4) is 0 Å². The van der Waals surface area contributed by atoms with Crippen LogP contribution >= 0.6 is 15.9 Å². The predicted molar refractivity (Wildman–Crippen MR) is 71.6 cm³/mol. The molecule has 0 aliphatic heterocycles. The zero-order valence-electron chi connectivity index (χ0n) is 10.6. The Morgan fingerprint density at radius 1 is 1.35 bits per heavy atom. The summed E-state index contributed by atoms with van der Waals surface area (Å²) in [4.78, 5) is 33.3. The Kier molecular flexibility index (Phi) is 6.51. The number of amides is 2. The Hall–Kier alpha value is -2.09. The van der Waals surface area contributed by atoms with Gasteiger partial charge in [-0.05, 0) is 41.1 Å². The van der Waals surface area contributed by atoms with Crippen molar-refractivity contribution in [3.8, 4) is 0 Å². The summed E-state index contributed by atoms with van der Waals surface area (Å²) >= 11 is 3.11. The maximum Gasteiger partial charge on any atom is 0.413 e. The summed E-state index contributed by atoms with van der Waals surface area (Å²) in [5.41, 5.74) is 0. The van der Waals surface area contributed by atoms with Crippen LogP contribution in [0.1, 0.15) is 12.7 Å². The largest absolute Gasteiger partial charge is 0.452 e. The lowest BCUT2D eigenvalue weighted by molar-refractivity contribution is -0.143. The molecule has 0 unspecified atom stereocenters. The minimum Gasteiger partial charge on any atom is -0.452 e. The van der Waals surface area contributed by atoms with Gasteiger partial charge in [0, 0.05) is 6.08 Å². The molecule has 0 aliphatic rings. The molecule has 0 saturated heterocycles. The third kappa shape index (κ3) is 6.19. The highest BCUT2D eigenvalue weighted by molar-refractivity contribution is 9.10. The van der Waals surface area contributed by atoms with Gasteiger partial charge in [0.05, 0.1) is 6.61 Å². The van der Waals surface area contributed by atoms with E-state index < -0.39 is 24.6 Å². The minimum absolute atomic E-state index is 0.139. The van der Waals surface area contributed by atoms with Gasteiger partial charge < -0.3 is 13.9 Å². The Bertz CT molecular complexity index is 522. The molecule has 108 valence electrons. The van der Waals surface area contributed by atoms with Crippen molar-refractivity contribution < 1.29 is 28.3 Å². The van der Waals surface area contributed by atoms with E-state index in [4.69, 9.17) is 4.42 Å². The second-order valence-electron chi connectivity index (χ2n) is 3.35. The molecular weight excluding hydrogens is 334 g/mol. The van der Waals surface area contributed by atoms with Crippen LogP contribution in [0.2, 0.25) is 0 Å². The van der Waals surface area contributed by atoms with E-state index in [0.29, 0.717) is 10.4 Å². The first-order chi connectivity index (χ1) is 9.51. The molecule has 2 amide bonds. The standard InChI is InChI=1S/C12H12BrNO6/c1-2-18-12(17)14-10(15)7-19-11(16)6-4-8-3-5-9(13)20-8/h3-6H,2,7H2,1H3,(H,14,15,17)/b6-4+. The summed E-state index contributed by atoms with van der Waals surface area (Å²) in [6.07, 6.45) is 1.60. The van der Waals surface area contributed by atoms with E-state index in [9.17, 15) is 14.4 Å². The molecule has 0 aromatic carbocycles. The molecule has 0 aliphatic carbocycles. The number of nitrogens with one attached hydrogen (secondary N) is 1. The number of hydrogen-bond donors (Lipinski definition) is 1. The number of esters is 1. The lowest BCUT2D eigenvalue weighted by Crippen LogP contribution is -2.34. The van der Waals surface area contributed by atoms with E-state index >= 15 is 0 Å². The molecule has 20 heavy (non-hydrogen) atoms. The van der Waals surface area contributed by atoms with E-state index in [1.54, 1.807) is 19.1 Å². The summed E-state index contributed by atoms with van der Waals surface area (Å²) in [6, 6.07) is 3.30. The van der Waals surface area contributed by atoms with E-state index in [1.165, 1.54) is 6.08 Å². The van der Waals surface area contributed by atoms with Crippen LogP contribution in [-0.2, 0) is 19.1 Å². The van der Waals surface area contributed by atoms with Crippen molar-refractivity contribution in [2.45, 2.75) is 6.92 Å². The van der Waals surface area contributed by atoms with Gasteiger partial charge in [-0.3, -0.25) is 10.1 Å². The Morgan fingerprint density at radius 3 is 2.70 bits per heavy atom. The molecule has 1 heterocycles. The number of imide groups is 1. The second kappa shape index (κ2) is 8.16. The summed E-state index contributed by atoms with van der Waals surface area (Å²) < 4.78 is 14.7. The molecule has 1 N–H and O–H groups in total. The lowest BCUT2D eigenvalue weighted by atomic mass is 10.4. The third-order valence-electron chi connectivity index (χ3n) is 1.84.